The van der Waals surface area contributed by atoms with E-state index in [-0.39, 0.29) is 12.1 Å². The van der Waals surface area contributed by atoms with Crippen molar-refractivity contribution in [2.24, 2.45) is 0 Å². The van der Waals surface area contributed by atoms with Gasteiger partial charge in [-0.2, -0.15) is 0 Å². The van der Waals surface area contributed by atoms with Crippen molar-refractivity contribution in [1.82, 2.24) is 5.32 Å². The Balaban J connectivity index is 1.97. The first-order chi connectivity index (χ1) is 10.0. The Hall–Kier alpha value is -2.04. The maximum atomic E-state index is 11.8. The van der Waals surface area contributed by atoms with Crippen molar-refractivity contribution in [2.45, 2.75) is 51.0 Å². The summed E-state index contributed by atoms with van der Waals surface area (Å²) < 4.78 is 0. The molecular formula is C16H22N2O3. The molecule has 2 amide bonds. The van der Waals surface area contributed by atoms with E-state index in [2.05, 4.69) is 10.6 Å². The van der Waals surface area contributed by atoms with E-state index in [1.807, 2.05) is 13.8 Å². The van der Waals surface area contributed by atoms with Crippen molar-refractivity contribution < 1.29 is 14.7 Å². The molecule has 21 heavy (non-hydrogen) atoms. The lowest BCUT2D eigenvalue weighted by Crippen LogP contribution is -2.37. The van der Waals surface area contributed by atoms with Crippen LogP contribution in [0.15, 0.2) is 24.3 Å². The predicted molar refractivity (Wildman–Crippen MR) is 81.5 cm³/mol. The minimum atomic E-state index is -0.769. The summed E-state index contributed by atoms with van der Waals surface area (Å²) in [6, 6.07) is 7.03. The Morgan fingerprint density at radius 1 is 1.19 bits per heavy atom. The van der Waals surface area contributed by atoms with Crippen molar-refractivity contribution >= 4 is 17.7 Å². The van der Waals surface area contributed by atoms with Crippen LogP contribution < -0.4 is 10.6 Å². The van der Waals surface area contributed by atoms with Crippen LogP contribution in [0, 0.1) is 0 Å². The number of urea groups is 1. The minimum absolute atomic E-state index is 0.172. The van der Waals surface area contributed by atoms with Gasteiger partial charge in [-0.25, -0.2) is 4.79 Å². The molecule has 5 nitrogen and oxygen atoms in total. The standard InChI is InChI=1S/C16H22N2O3/c1-3-12(4-2)17-15(21)18-13-7-5-11(6-8-13)16(9-10-16)14(19)20/h5-8,12H,3-4,9-10H2,1-2H3,(H,19,20)(H2,17,18,21). The molecule has 0 saturated heterocycles. The van der Waals surface area contributed by atoms with Crippen LogP contribution in [0.25, 0.3) is 0 Å². The van der Waals surface area contributed by atoms with Gasteiger partial charge < -0.3 is 15.7 Å². The number of anilines is 1. The zero-order valence-corrected chi connectivity index (χ0v) is 12.5. The number of carbonyl (C=O) groups is 2. The molecule has 3 N–H and O–H groups in total. The zero-order valence-electron chi connectivity index (χ0n) is 12.5. The van der Waals surface area contributed by atoms with E-state index in [1.165, 1.54) is 0 Å². The van der Waals surface area contributed by atoms with Gasteiger partial charge in [0.15, 0.2) is 0 Å². The van der Waals surface area contributed by atoms with Crippen molar-refractivity contribution in [3.05, 3.63) is 29.8 Å². The number of nitrogens with one attached hydrogen (secondary N) is 2. The lowest BCUT2D eigenvalue weighted by molar-refractivity contribution is -0.140. The maximum Gasteiger partial charge on any atom is 0.319 e. The summed E-state index contributed by atoms with van der Waals surface area (Å²) in [7, 11) is 0. The third kappa shape index (κ3) is 3.35. The summed E-state index contributed by atoms with van der Waals surface area (Å²) >= 11 is 0. The van der Waals surface area contributed by atoms with Crippen LogP contribution in [0.1, 0.15) is 45.1 Å². The lowest BCUT2D eigenvalue weighted by atomic mass is 9.96. The summed E-state index contributed by atoms with van der Waals surface area (Å²) in [5, 5.41) is 14.9. The monoisotopic (exact) mass is 290 g/mol. The van der Waals surface area contributed by atoms with E-state index in [0.29, 0.717) is 18.5 Å². The summed E-state index contributed by atoms with van der Waals surface area (Å²) in [6.45, 7) is 4.06. The zero-order chi connectivity index (χ0) is 15.5. The number of amides is 2. The molecule has 0 aliphatic heterocycles. The fourth-order valence-electron chi connectivity index (χ4n) is 2.47. The molecular weight excluding hydrogens is 268 g/mol. The number of rotatable bonds is 6. The number of aliphatic carboxylic acids is 1. The molecule has 0 bridgehead atoms. The first-order valence-electron chi connectivity index (χ1n) is 7.43. The van der Waals surface area contributed by atoms with Crippen LogP contribution in [0.4, 0.5) is 10.5 Å². The van der Waals surface area contributed by atoms with Gasteiger partial charge in [-0.05, 0) is 43.4 Å². The second kappa shape index (κ2) is 6.16. The van der Waals surface area contributed by atoms with Gasteiger partial charge in [0, 0.05) is 11.7 Å². The Morgan fingerprint density at radius 3 is 2.19 bits per heavy atom. The van der Waals surface area contributed by atoms with Gasteiger partial charge in [-0.1, -0.05) is 26.0 Å². The summed E-state index contributed by atoms with van der Waals surface area (Å²) in [5.74, 6) is -0.769. The number of carboxylic acid groups (broad SMARTS) is 1. The number of hydrogen-bond donors (Lipinski definition) is 3. The highest BCUT2D eigenvalue weighted by atomic mass is 16.4. The van der Waals surface area contributed by atoms with E-state index < -0.39 is 11.4 Å². The second-order valence-electron chi connectivity index (χ2n) is 5.58. The third-order valence-corrected chi connectivity index (χ3v) is 4.18. The molecule has 0 radical (unpaired) electrons. The molecule has 1 aromatic carbocycles. The highest BCUT2D eigenvalue weighted by Crippen LogP contribution is 2.48. The minimum Gasteiger partial charge on any atom is -0.481 e. The Bertz CT molecular complexity index is 517. The van der Waals surface area contributed by atoms with Crippen molar-refractivity contribution in [1.29, 1.82) is 0 Å². The smallest absolute Gasteiger partial charge is 0.319 e. The van der Waals surface area contributed by atoms with E-state index >= 15 is 0 Å². The average Bonchev–Trinajstić information content (AvgIpc) is 3.27. The highest BCUT2D eigenvalue weighted by Gasteiger charge is 2.51. The molecule has 0 aromatic heterocycles. The van der Waals surface area contributed by atoms with E-state index in [4.69, 9.17) is 0 Å². The van der Waals surface area contributed by atoms with Gasteiger partial charge in [-0.3, -0.25) is 4.79 Å². The summed E-state index contributed by atoms with van der Waals surface area (Å²) in [6.07, 6.45) is 3.16. The molecule has 2 rings (SSSR count). The fraction of sp³-hybridized carbons (Fsp3) is 0.500. The van der Waals surface area contributed by atoms with Gasteiger partial charge >= 0.3 is 12.0 Å². The van der Waals surface area contributed by atoms with Gasteiger partial charge in [-0.15, -0.1) is 0 Å². The molecule has 5 heteroatoms. The molecule has 1 aromatic rings. The summed E-state index contributed by atoms with van der Waals surface area (Å²) in [4.78, 5) is 23.1. The maximum absolute atomic E-state index is 11.8. The second-order valence-corrected chi connectivity index (χ2v) is 5.58. The summed E-state index contributed by atoms with van der Waals surface area (Å²) in [5.41, 5.74) is 0.778. The molecule has 0 spiro atoms. The van der Waals surface area contributed by atoms with Crippen LogP contribution in [0.2, 0.25) is 0 Å². The number of benzene rings is 1. The quantitative estimate of drug-likeness (QED) is 0.753. The van der Waals surface area contributed by atoms with Gasteiger partial charge in [0.2, 0.25) is 0 Å². The predicted octanol–water partition coefficient (Wildman–Crippen LogP) is 3.11. The topological polar surface area (TPSA) is 78.4 Å². The Morgan fingerprint density at radius 2 is 1.76 bits per heavy atom. The molecule has 0 unspecified atom stereocenters. The van der Waals surface area contributed by atoms with E-state index in [9.17, 15) is 14.7 Å². The fourth-order valence-corrected chi connectivity index (χ4v) is 2.47. The molecule has 114 valence electrons. The molecule has 0 atom stereocenters. The highest BCUT2D eigenvalue weighted by molar-refractivity contribution is 5.90. The van der Waals surface area contributed by atoms with Crippen LogP contribution in [0.5, 0.6) is 0 Å². The van der Waals surface area contributed by atoms with Crippen molar-refractivity contribution in [3.63, 3.8) is 0 Å². The molecule has 0 heterocycles. The van der Waals surface area contributed by atoms with E-state index in [0.717, 1.165) is 18.4 Å². The number of hydrogen-bond acceptors (Lipinski definition) is 2. The third-order valence-electron chi connectivity index (χ3n) is 4.18. The van der Waals surface area contributed by atoms with Crippen LogP contribution in [-0.2, 0) is 10.2 Å². The Labute approximate surface area is 124 Å². The number of carboxylic acids is 1. The first kappa shape index (κ1) is 15.4. The number of carbonyl (C=O) groups excluding carboxylic acids is 1. The first-order valence-corrected chi connectivity index (χ1v) is 7.43. The van der Waals surface area contributed by atoms with Gasteiger partial charge in [0.05, 0.1) is 5.41 Å². The van der Waals surface area contributed by atoms with Crippen molar-refractivity contribution in [2.75, 3.05) is 5.32 Å². The molecule has 1 fully saturated rings. The molecule has 1 aliphatic rings. The Kier molecular flexibility index (Phi) is 4.50. The average molecular weight is 290 g/mol. The van der Waals surface area contributed by atoms with Crippen LogP contribution in [-0.4, -0.2) is 23.1 Å². The van der Waals surface area contributed by atoms with Crippen molar-refractivity contribution in [3.8, 4) is 0 Å². The molecule has 1 saturated carbocycles. The molecule has 1 aliphatic carbocycles. The van der Waals surface area contributed by atoms with Gasteiger partial charge in [0.1, 0.15) is 0 Å². The normalized spacial score (nSPS) is 15.6. The van der Waals surface area contributed by atoms with Crippen LogP contribution in [0.3, 0.4) is 0 Å². The van der Waals surface area contributed by atoms with E-state index in [1.54, 1.807) is 24.3 Å². The van der Waals surface area contributed by atoms with Crippen LogP contribution >= 0.6 is 0 Å². The largest absolute Gasteiger partial charge is 0.481 e. The van der Waals surface area contributed by atoms with Gasteiger partial charge in [0.25, 0.3) is 0 Å². The SMILES string of the molecule is CCC(CC)NC(=O)Nc1ccc(C2(C(=O)O)CC2)cc1. The lowest BCUT2D eigenvalue weighted by Gasteiger charge is -2.16.